The number of hydrogen-bond donors (Lipinski definition) is 2. The first-order chi connectivity index (χ1) is 6.00. The summed E-state index contributed by atoms with van der Waals surface area (Å²) in [7, 11) is 1.59. The summed E-state index contributed by atoms with van der Waals surface area (Å²) in [5, 5.41) is 2.41. The van der Waals surface area contributed by atoms with Crippen molar-refractivity contribution in [3.8, 4) is 0 Å². The highest BCUT2D eigenvalue weighted by Crippen LogP contribution is 1.93. The monoisotopic (exact) mass is 187 g/mol. The van der Waals surface area contributed by atoms with E-state index in [1.54, 1.807) is 7.05 Å². The van der Waals surface area contributed by atoms with Crippen molar-refractivity contribution in [3.05, 3.63) is 0 Å². The van der Waals surface area contributed by atoms with E-state index in [9.17, 15) is 9.59 Å². The standard InChI is InChI=1S/C8H17N3O2/c1-6(2)11(3)8(13)7(12)10-5-4-9/h6H,4-5,9H2,1-3H3,(H,10,12). The van der Waals surface area contributed by atoms with E-state index in [0.29, 0.717) is 13.1 Å². The Balaban J connectivity index is 4.02. The van der Waals surface area contributed by atoms with E-state index in [1.165, 1.54) is 4.90 Å². The van der Waals surface area contributed by atoms with Gasteiger partial charge in [0, 0.05) is 26.2 Å². The molecule has 2 amide bonds. The van der Waals surface area contributed by atoms with Gasteiger partial charge in [0.15, 0.2) is 0 Å². The van der Waals surface area contributed by atoms with Crippen LogP contribution in [0, 0.1) is 0 Å². The topological polar surface area (TPSA) is 75.4 Å². The molecule has 0 saturated heterocycles. The second-order valence-corrected chi connectivity index (χ2v) is 3.05. The first-order valence-corrected chi connectivity index (χ1v) is 4.25. The van der Waals surface area contributed by atoms with Gasteiger partial charge in [-0.1, -0.05) is 0 Å². The van der Waals surface area contributed by atoms with Crippen LogP contribution in [0.5, 0.6) is 0 Å². The third kappa shape index (κ3) is 3.89. The average molecular weight is 187 g/mol. The van der Waals surface area contributed by atoms with Gasteiger partial charge in [-0.3, -0.25) is 9.59 Å². The van der Waals surface area contributed by atoms with Crippen molar-refractivity contribution in [3.63, 3.8) is 0 Å². The number of rotatable bonds is 3. The molecule has 3 N–H and O–H groups in total. The van der Waals surface area contributed by atoms with Crippen LogP contribution in [-0.2, 0) is 9.59 Å². The van der Waals surface area contributed by atoms with Gasteiger partial charge in [0.25, 0.3) is 0 Å². The third-order valence-electron chi connectivity index (χ3n) is 1.72. The highest BCUT2D eigenvalue weighted by atomic mass is 16.2. The summed E-state index contributed by atoms with van der Waals surface area (Å²) < 4.78 is 0. The number of nitrogens with two attached hydrogens (primary N) is 1. The van der Waals surface area contributed by atoms with Crippen LogP contribution in [0.1, 0.15) is 13.8 Å². The first kappa shape index (κ1) is 11.9. The molecule has 0 unspecified atom stereocenters. The Kier molecular flexibility index (Phi) is 5.06. The molecule has 0 bridgehead atoms. The smallest absolute Gasteiger partial charge is 0.311 e. The number of nitrogens with zero attached hydrogens (tertiary/aromatic N) is 1. The predicted molar refractivity (Wildman–Crippen MR) is 50.0 cm³/mol. The van der Waals surface area contributed by atoms with Crippen LogP contribution in [-0.4, -0.2) is 42.9 Å². The molecule has 0 aromatic heterocycles. The molecule has 0 aliphatic rings. The second kappa shape index (κ2) is 5.53. The molecule has 0 rings (SSSR count). The SMILES string of the molecule is CC(C)N(C)C(=O)C(=O)NCCN. The lowest BCUT2D eigenvalue weighted by atomic mass is 10.3. The number of hydrogen-bond acceptors (Lipinski definition) is 3. The largest absolute Gasteiger partial charge is 0.347 e. The molecule has 5 heteroatoms. The van der Waals surface area contributed by atoms with Gasteiger partial charge in [-0.15, -0.1) is 0 Å². The van der Waals surface area contributed by atoms with Crippen molar-refractivity contribution in [1.29, 1.82) is 0 Å². The van der Waals surface area contributed by atoms with Gasteiger partial charge in [0.1, 0.15) is 0 Å². The van der Waals surface area contributed by atoms with Crippen molar-refractivity contribution in [2.45, 2.75) is 19.9 Å². The average Bonchev–Trinajstić information content (AvgIpc) is 2.11. The summed E-state index contributed by atoms with van der Waals surface area (Å²) in [6, 6.07) is 0.0242. The summed E-state index contributed by atoms with van der Waals surface area (Å²) in [6.07, 6.45) is 0. The zero-order chi connectivity index (χ0) is 10.4. The molecule has 0 spiro atoms. The van der Waals surface area contributed by atoms with E-state index < -0.39 is 11.8 Å². The Morgan fingerprint density at radius 3 is 2.38 bits per heavy atom. The number of carbonyl (C=O) groups excluding carboxylic acids is 2. The van der Waals surface area contributed by atoms with Gasteiger partial charge in [0.2, 0.25) is 0 Å². The highest BCUT2D eigenvalue weighted by Gasteiger charge is 2.19. The minimum atomic E-state index is -0.596. The molecule has 0 saturated carbocycles. The number of carbonyl (C=O) groups is 2. The molecule has 0 radical (unpaired) electrons. The van der Waals surface area contributed by atoms with Crippen molar-refractivity contribution >= 4 is 11.8 Å². The van der Waals surface area contributed by atoms with Crippen molar-refractivity contribution in [1.82, 2.24) is 10.2 Å². The molecular formula is C8H17N3O2. The number of likely N-dealkylation sites (N-methyl/N-ethyl adjacent to an activating group) is 1. The molecule has 0 heterocycles. The van der Waals surface area contributed by atoms with Gasteiger partial charge in [-0.2, -0.15) is 0 Å². The van der Waals surface area contributed by atoms with Gasteiger partial charge in [0.05, 0.1) is 0 Å². The van der Waals surface area contributed by atoms with Crippen molar-refractivity contribution in [2.75, 3.05) is 20.1 Å². The van der Waals surface area contributed by atoms with E-state index in [-0.39, 0.29) is 6.04 Å². The summed E-state index contributed by atoms with van der Waals surface area (Å²) in [6.45, 7) is 4.35. The zero-order valence-electron chi connectivity index (χ0n) is 8.33. The van der Waals surface area contributed by atoms with Crippen LogP contribution in [0.15, 0.2) is 0 Å². The Labute approximate surface area is 78.3 Å². The fourth-order valence-corrected chi connectivity index (χ4v) is 0.656. The fourth-order valence-electron chi connectivity index (χ4n) is 0.656. The maximum absolute atomic E-state index is 11.3. The predicted octanol–water partition coefficient (Wildman–Crippen LogP) is -1.07. The lowest BCUT2D eigenvalue weighted by Gasteiger charge is -2.20. The van der Waals surface area contributed by atoms with E-state index >= 15 is 0 Å². The number of nitrogens with one attached hydrogen (secondary N) is 1. The van der Waals surface area contributed by atoms with Crippen molar-refractivity contribution < 1.29 is 9.59 Å². The molecule has 0 aromatic rings. The molecule has 0 atom stereocenters. The van der Waals surface area contributed by atoms with Crippen LogP contribution in [0.2, 0.25) is 0 Å². The maximum Gasteiger partial charge on any atom is 0.311 e. The summed E-state index contributed by atoms with van der Waals surface area (Å²) in [5.74, 6) is -1.12. The van der Waals surface area contributed by atoms with E-state index in [4.69, 9.17) is 5.73 Å². The minimum Gasteiger partial charge on any atom is -0.347 e. The van der Waals surface area contributed by atoms with Crippen LogP contribution < -0.4 is 11.1 Å². The van der Waals surface area contributed by atoms with Crippen LogP contribution in [0.3, 0.4) is 0 Å². The van der Waals surface area contributed by atoms with Crippen LogP contribution in [0.4, 0.5) is 0 Å². The minimum absolute atomic E-state index is 0.0242. The Morgan fingerprint density at radius 2 is 2.00 bits per heavy atom. The summed E-state index contributed by atoms with van der Waals surface area (Å²) in [5.41, 5.74) is 5.17. The summed E-state index contributed by atoms with van der Waals surface area (Å²) >= 11 is 0. The van der Waals surface area contributed by atoms with Gasteiger partial charge < -0.3 is 16.0 Å². The van der Waals surface area contributed by atoms with E-state index in [0.717, 1.165) is 0 Å². The quantitative estimate of drug-likeness (QED) is 0.552. The normalized spacial score (nSPS) is 9.92. The molecule has 13 heavy (non-hydrogen) atoms. The maximum atomic E-state index is 11.3. The number of amides is 2. The Bertz CT molecular complexity index is 192. The molecule has 5 nitrogen and oxygen atoms in total. The van der Waals surface area contributed by atoms with Gasteiger partial charge in [-0.05, 0) is 13.8 Å². The molecular weight excluding hydrogens is 170 g/mol. The van der Waals surface area contributed by atoms with Crippen LogP contribution in [0.25, 0.3) is 0 Å². The Morgan fingerprint density at radius 1 is 1.46 bits per heavy atom. The molecule has 0 aliphatic carbocycles. The molecule has 76 valence electrons. The van der Waals surface area contributed by atoms with Crippen LogP contribution >= 0.6 is 0 Å². The third-order valence-corrected chi connectivity index (χ3v) is 1.72. The second-order valence-electron chi connectivity index (χ2n) is 3.05. The lowest BCUT2D eigenvalue weighted by Crippen LogP contribution is -2.45. The lowest BCUT2D eigenvalue weighted by molar-refractivity contribution is -0.145. The molecule has 0 aliphatic heterocycles. The van der Waals surface area contributed by atoms with Crippen molar-refractivity contribution in [2.24, 2.45) is 5.73 Å². The summed E-state index contributed by atoms with van der Waals surface area (Å²) in [4.78, 5) is 23.7. The van der Waals surface area contributed by atoms with E-state index in [1.807, 2.05) is 13.8 Å². The van der Waals surface area contributed by atoms with E-state index in [2.05, 4.69) is 5.32 Å². The first-order valence-electron chi connectivity index (χ1n) is 4.25. The Hall–Kier alpha value is -1.10. The molecule has 0 fully saturated rings. The molecule has 0 aromatic carbocycles. The van der Waals surface area contributed by atoms with Gasteiger partial charge in [-0.25, -0.2) is 0 Å². The van der Waals surface area contributed by atoms with Gasteiger partial charge >= 0.3 is 11.8 Å². The highest BCUT2D eigenvalue weighted by molar-refractivity contribution is 6.34. The fraction of sp³-hybridized carbons (Fsp3) is 0.750. The zero-order valence-corrected chi connectivity index (χ0v) is 8.33.